The number of fused-ring (bicyclic) bond motifs is 2. The van der Waals surface area contributed by atoms with Gasteiger partial charge in [0.05, 0.1) is 26.1 Å². The molecule has 4 aromatic carbocycles. The fourth-order valence-electron chi connectivity index (χ4n) is 5.88. The molecular formula is C39H46N11O10S3-3. The van der Waals surface area contributed by atoms with Crippen LogP contribution in [-0.2, 0) is 30.4 Å². The van der Waals surface area contributed by atoms with Gasteiger partial charge in [0.1, 0.15) is 70.8 Å². The highest BCUT2D eigenvalue weighted by atomic mass is 32.2. The Morgan fingerprint density at radius 2 is 1.41 bits per heavy atom. The summed E-state index contributed by atoms with van der Waals surface area (Å²) in [5.41, 5.74) is -1.23. The van der Waals surface area contributed by atoms with Gasteiger partial charge in [0.15, 0.2) is 5.75 Å². The predicted octanol–water partition coefficient (Wildman–Crippen LogP) is 7.19. The number of benzene rings is 4. The largest absolute Gasteiger partial charge is 0.744 e. The van der Waals surface area contributed by atoms with Gasteiger partial charge in [-0.1, -0.05) is 66.5 Å². The van der Waals surface area contributed by atoms with Gasteiger partial charge in [-0.05, 0) is 62.7 Å². The summed E-state index contributed by atoms with van der Waals surface area (Å²) in [4.78, 5) is 18.2. The third kappa shape index (κ3) is 11.9. The number of phenols is 1. The molecule has 0 saturated carbocycles. The zero-order valence-electron chi connectivity index (χ0n) is 32.4. The molecule has 1 atom stereocenters. The van der Waals surface area contributed by atoms with Crippen molar-refractivity contribution < 1.29 is 44.0 Å². The van der Waals surface area contributed by atoms with Crippen LogP contribution in [0, 0.1) is 32.1 Å². The van der Waals surface area contributed by atoms with E-state index in [2.05, 4.69) is 57.2 Å². The van der Waals surface area contributed by atoms with Crippen molar-refractivity contribution in [3.63, 3.8) is 0 Å². The SMILES string of the molecule is C.C.C.CC.Cc1nc(NCC(C)Nc2nc(C)nc(C)c2C#N)nc(Nc2cc(S(=O)(=O)[O-])cc3cc(S(=O)(=O)[O-])c(N=Nc4ccc5ccccc5c4S(=O)(=O)[O-])c(O)c23)n1. The summed E-state index contributed by atoms with van der Waals surface area (Å²) < 4.78 is 111. The van der Waals surface area contributed by atoms with Crippen molar-refractivity contribution in [2.24, 2.45) is 10.2 Å². The van der Waals surface area contributed by atoms with E-state index in [1.165, 1.54) is 31.2 Å². The Bertz CT molecular complexity index is 3090. The Balaban J connectivity index is 0.00000269. The molecular weight excluding hydrogens is 879 g/mol. The van der Waals surface area contributed by atoms with Gasteiger partial charge in [-0.2, -0.15) is 20.2 Å². The summed E-state index contributed by atoms with van der Waals surface area (Å²) in [6, 6.07) is 12.2. The van der Waals surface area contributed by atoms with Gasteiger partial charge < -0.3 is 34.7 Å². The van der Waals surface area contributed by atoms with Crippen molar-refractivity contribution in [2.75, 3.05) is 22.5 Å². The molecule has 21 nitrogen and oxygen atoms in total. The number of phenolic OH excluding ortho intramolecular Hbond substituents is 1. The van der Waals surface area contributed by atoms with Gasteiger partial charge in [-0.3, -0.25) is 0 Å². The van der Waals surface area contributed by atoms with E-state index in [1.54, 1.807) is 26.8 Å². The van der Waals surface area contributed by atoms with Crippen molar-refractivity contribution in [1.29, 1.82) is 5.26 Å². The van der Waals surface area contributed by atoms with E-state index in [9.17, 15) is 49.3 Å². The zero-order chi connectivity index (χ0) is 44.3. The molecule has 6 aromatic rings. The van der Waals surface area contributed by atoms with Crippen LogP contribution in [0.15, 0.2) is 79.5 Å². The molecule has 0 aliphatic heterocycles. The molecule has 0 aliphatic carbocycles. The van der Waals surface area contributed by atoms with Gasteiger partial charge in [0.2, 0.25) is 11.9 Å². The van der Waals surface area contributed by atoms with Crippen molar-refractivity contribution in [1.82, 2.24) is 24.9 Å². The average Bonchev–Trinajstić information content (AvgIpc) is 3.15. The molecule has 63 heavy (non-hydrogen) atoms. The number of nitriles is 1. The van der Waals surface area contributed by atoms with Crippen LogP contribution >= 0.6 is 0 Å². The molecule has 24 heteroatoms. The van der Waals surface area contributed by atoms with Crippen molar-refractivity contribution >= 4 is 86.7 Å². The molecule has 0 aliphatic rings. The van der Waals surface area contributed by atoms with Crippen LogP contribution in [0.5, 0.6) is 5.75 Å². The van der Waals surface area contributed by atoms with Crippen LogP contribution in [-0.4, -0.2) is 81.5 Å². The number of anilines is 4. The molecule has 4 N–H and O–H groups in total. The summed E-state index contributed by atoms with van der Waals surface area (Å²) in [6.07, 6.45) is 0. The van der Waals surface area contributed by atoms with Crippen molar-refractivity contribution in [3.8, 4) is 11.8 Å². The zero-order valence-corrected chi connectivity index (χ0v) is 34.9. The molecule has 0 fully saturated rings. The first-order chi connectivity index (χ1) is 28.1. The topological polar surface area (TPSA) is 341 Å². The van der Waals surface area contributed by atoms with Crippen molar-refractivity contribution in [2.45, 2.75) is 84.6 Å². The average molecular weight is 925 g/mol. The number of hydrogen-bond donors (Lipinski definition) is 4. The fourth-order valence-corrected chi connectivity index (χ4v) is 7.88. The number of hydrogen-bond acceptors (Lipinski definition) is 21. The normalized spacial score (nSPS) is 11.9. The number of aromatic hydroxyl groups is 1. The predicted molar refractivity (Wildman–Crippen MR) is 235 cm³/mol. The number of rotatable bonds is 12. The minimum Gasteiger partial charge on any atom is -0.744 e. The Hall–Kier alpha value is -6.49. The molecule has 1 unspecified atom stereocenters. The lowest BCUT2D eigenvalue weighted by atomic mass is 10.1. The van der Waals surface area contributed by atoms with E-state index < -0.39 is 78.6 Å². The molecule has 2 aromatic heterocycles. The standard InChI is InChI=1S/C34H31N11O10S3.C2H6.3CH4/c1-16(37-32-24(14-35)17(2)38-18(3)39-32)15-36-33-40-19(4)41-34(43-33)42-26-13-22(56(47,48)49)11-21-12-27(57(50,51)52)29(30(46)28(21)26)45-44-25-10-9-20-7-5-6-8-23(20)31(25)58(53,54)55;1-2;;;/h5-13,16,46H,15H2,1-4H3,(H,37,38,39)(H,47,48,49)(H,50,51,52)(H,53,54,55)(H2,36,40,41,42,43);1-2H3;3*1H4/p-3. The van der Waals surface area contributed by atoms with E-state index >= 15 is 0 Å². The summed E-state index contributed by atoms with van der Waals surface area (Å²) in [6.45, 7) is 10.8. The smallest absolute Gasteiger partial charge is 0.232 e. The highest BCUT2D eigenvalue weighted by Crippen LogP contribution is 2.46. The van der Waals surface area contributed by atoms with Gasteiger partial charge >= 0.3 is 0 Å². The Kier molecular flexibility index (Phi) is 17.2. The minimum absolute atomic E-state index is 0. The quantitative estimate of drug-likeness (QED) is 0.0696. The Labute approximate surface area is 366 Å². The van der Waals surface area contributed by atoms with Crippen LogP contribution in [0.3, 0.4) is 0 Å². The van der Waals surface area contributed by atoms with Gasteiger partial charge in [0, 0.05) is 23.4 Å². The molecule has 0 amide bonds. The second-order valence-electron chi connectivity index (χ2n) is 12.6. The van der Waals surface area contributed by atoms with E-state index in [1.807, 2.05) is 13.8 Å². The minimum atomic E-state index is -5.56. The van der Waals surface area contributed by atoms with Gasteiger partial charge in [0.25, 0.3) is 0 Å². The maximum Gasteiger partial charge on any atom is 0.232 e. The molecule has 2 heterocycles. The third-order valence-electron chi connectivity index (χ3n) is 8.30. The third-order valence-corrected chi connectivity index (χ3v) is 10.9. The molecule has 0 spiro atoms. The highest BCUT2D eigenvalue weighted by Gasteiger charge is 2.23. The monoisotopic (exact) mass is 924 g/mol. The van der Waals surface area contributed by atoms with Crippen LogP contribution in [0.25, 0.3) is 21.5 Å². The summed E-state index contributed by atoms with van der Waals surface area (Å²) in [7, 11) is -16.1. The first-order valence-electron chi connectivity index (χ1n) is 17.5. The first-order valence-corrected chi connectivity index (χ1v) is 21.8. The number of nitrogens with zero attached hydrogens (tertiary/aromatic N) is 8. The first kappa shape index (κ1) is 52.6. The maximum atomic E-state index is 12.5. The van der Waals surface area contributed by atoms with Crippen LogP contribution in [0.2, 0.25) is 0 Å². The molecule has 0 bridgehead atoms. The van der Waals surface area contributed by atoms with E-state index in [4.69, 9.17) is 0 Å². The van der Waals surface area contributed by atoms with Crippen LogP contribution < -0.4 is 16.0 Å². The molecule has 0 saturated heterocycles. The second-order valence-corrected chi connectivity index (χ2v) is 16.7. The molecule has 0 radical (unpaired) electrons. The molecule has 338 valence electrons. The number of nitrogens with one attached hydrogen (secondary N) is 3. The van der Waals surface area contributed by atoms with E-state index in [-0.39, 0.29) is 63.5 Å². The van der Waals surface area contributed by atoms with Gasteiger partial charge in [-0.15, -0.1) is 10.2 Å². The lowest BCUT2D eigenvalue weighted by Crippen LogP contribution is -2.27. The van der Waals surface area contributed by atoms with Crippen LogP contribution in [0.1, 0.15) is 66.0 Å². The van der Waals surface area contributed by atoms with E-state index in [0.717, 1.165) is 12.1 Å². The van der Waals surface area contributed by atoms with Crippen molar-refractivity contribution in [3.05, 3.63) is 77.5 Å². The summed E-state index contributed by atoms with van der Waals surface area (Å²) >= 11 is 0. The lowest BCUT2D eigenvalue weighted by Gasteiger charge is -2.19. The number of aromatic nitrogens is 5. The number of azo groups is 1. The Morgan fingerprint density at radius 1 is 0.778 bits per heavy atom. The Morgan fingerprint density at radius 3 is 2.03 bits per heavy atom. The highest BCUT2D eigenvalue weighted by molar-refractivity contribution is 7.86. The summed E-state index contributed by atoms with van der Waals surface area (Å²) in [5, 5.41) is 36.9. The molecule has 6 rings (SSSR count). The second kappa shape index (κ2) is 20.6. The van der Waals surface area contributed by atoms with Crippen LogP contribution in [0.4, 0.5) is 34.8 Å². The fraction of sp³-hybridized carbons (Fsp3) is 0.282. The number of aryl methyl sites for hydroxylation is 3. The van der Waals surface area contributed by atoms with Gasteiger partial charge in [-0.25, -0.2) is 35.2 Å². The maximum absolute atomic E-state index is 12.5. The summed E-state index contributed by atoms with van der Waals surface area (Å²) in [5.74, 6) is -0.466. The van der Waals surface area contributed by atoms with E-state index in [0.29, 0.717) is 34.9 Å². The lowest BCUT2D eigenvalue weighted by molar-refractivity contribution is 0.458.